The van der Waals surface area contributed by atoms with Crippen LogP contribution in [0, 0.1) is 10.1 Å². The maximum Gasteiger partial charge on any atom is 0.409 e. The van der Waals surface area contributed by atoms with E-state index in [0.717, 1.165) is 94.3 Å². The Bertz CT molecular complexity index is 2460. The number of hydrogen-bond donors (Lipinski definition) is 3. The largest absolute Gasteiger partial charge is 0.497 e. The average Bonchev–Trinajstić information content (AvgIpc) is 3.67. The molecule has 1 fully saturated rings. The first-order valence-electron chi connectivity index (χ1n) is 21.5. The number of aromatic nitrogens is 1. The molecule has 0 bridgehead atoms. The Morgan fingerprint density at radius 3 is 2.43 bits per heavy atom. The average molecular weight is 928 g/mol. The molecule has 1 aliphatic heterocycles. The monoisotopic (exact) mass is 926 g/mol. The van der Waals surface area contributed by atoms with E-state index in [-0.39, 0.29) is 6.09 Å². The summed E-state index contributed by atoms with van der Waals surface area (Å²) in [6.07, 6.45) is 6.17. The van der Waals surface area contributed by atoms with Crippen molar-refractivity contribution in [3.8, 4) is 5.75 Å². The number of amides is 1. The van der Waals surface area contributed by atoms with Crippen molar-refractivity contribution in [2.24, 2.45) is 0 Å². The van der Waals surface area contributed by atoms with Gasteiger partial charge in [-0.1, -0.05) is 53.6 Å². The predicted molar refractivity (Wildman–Crippen MR) is 258 cm³/mol. The molecule has 0 radical (unpaired) electrons. The van der Waals surface area contributed by atoms with Gasteiger partial charge in [-0.15, -0.1) is 0 Å². The van der Waals surface area contributed by atoms with Crippen LogP contribution >= 0.6 is 23.4 Å². The number of carbonyl (C=O) groups is 2. The molecular weight excluding hydrogens is 868 g/mol. The number of pyridine rings is 1. The van der Waals surface area contributed by atoms with E-state index in [1.54, 1.807) is 37.7 Å². The van der Waals surface area contributed by atoms with Crippen molar-refractivity contribution in [3.05, 3.63) is 157 Å². The molecule has 14 nitrogen and oxygen atoms in total. The Morgan fingerprint density at radius 1 is 1.02 bits per heavy atom. The number of carboxylic acids is 1. The molecule has 1 amide bonds. The minimum absolute atomic E-state index is 0.215. The minimum atomic E-state index is -0.808. The normalized spacial score (nSPS) is 13.8. The number of hydrogen-bond acceptors (Lipinski definition) is 12. The Kier molecular flexibility index (Phi) is 19.1. The van der Waals surface area contributed by atoms with E-state index in [9.17, 15) is 19.7 Å². The molecule has 3 aromatic carbocycles. The molecule has 7 rings (SSSR count). The van der Waals surface area contributed by atoms with E-state index < -0.39 is 16.8 Å². The van der Waals surface area contributed by atoms with Crippen LogP contribution in [0.4, 0.5) is 4.79 Å². The van der Waals surface area contributed by atoms with Crippen LogP contribution in [-0.4, -0.2) is 97.1 Å². The lowest BCUT2D eigenvalue weighted by Crippen LogP contribution is -2.37. The van der Waals surface area contributed by atoms with Gasteiger partial charge in [0.05, 0.1) is 42.5 Å². The number of ether oxygens (including phenoxy) is 2. The molecule has 3 N–H and O–H groups in total. The summed E-state index contributed by atoms with van der Waals surface area (Å²) in [4.78, 5) is 41.4. The predicted octanol–water partition coefficient (Wildman–Crippen LogP) is 9.38. The number of piperidine rings is 1. The number of benzene rings is 3. The fraction of sp³-hybridized carbons (Fsp3) is 0.367. The zero-order valence-corrected chi connectivity index (χ0v) is 39.5. The van der Waals surface area contributed by atoms with Crippen LogP contribution in [0.5, 0.6) is 5.75 Å². The van der Waals surface area contributed by atoms with Crippen molar-refractivity contribution in [2.75, 3.05) is 60.2 Å². The highest BCUT2D eigenvalue weighted by atomic mass is 35.5. The molecule has 0 spiro atoms. The zero-order chi connectivity index (χ0) is 46.9. The lowest BCUT2D eigenvalue weighted by atomic mass is 9.88. The van der Waals surface area contributed by atoms with Crippen molar-refractivity contribution in [2.45, 2.75) is 57.7 Å². The Labute approximate surface area is 390 Å². The summed E-state index contributed by atoms with van der Waals surface area (Å²) in [5, 5.41) is 27.9. The van der Waals surface area contributed by atoms with Gasteiger partial charge in [-0.3, -0.25) is 19.9 Å². The maximum absolute atomic E-state index is 12.0. The lowest BCUT2D eigenvalue weighted by molar-refractivity contribution is -0.404. The zero-order valence-electron chi connectivity index (χ0n) is 37.9. The molecule has 2 aromatic heterocycles. The van der Waals surface area contributed by atoms with Crippen LogP contribution in [0.25, 0.3) is 16.3 Å². The number of likely N-dealkylation sites (tertiary alicyclic amines) is 1. The van der Waals surface area contributed by atoms with Crippen molar-refractivity contribution in [1.82, 2.24) is 25.4 Å². The van der Waals surface area contributed by atoms with Crippen molar-refractivity contribution in [1.29, 1.82) is 0 Å². The van der Waals surface area contributed by atoms with Crippen LogP contribution in [0.3, 0.4) is 0 Å². The van der Waals surface area contributed by atoms with E-state index in [1.807, 2.05) is 87.9 Å². The lowest BCUT2D eigenvalue weighted by Gasteiger charge is -2.29. The molecule has 346 valence electrons. The number of carboxylic acid groups (broad SMARTS) is 1. The molecule has 16 heteroatoms. The topological polar surface area (TPSA) is 173 Å². The number of nitrogens with zero attached hydrogens (tertiary/aromatic N) is 4. The van der Waals surface area contributed by atoms with E-state index in [2.05, 4.69) is 33.7 Å². The first-order valence-corrected chi connectivity index (χ1v) is 23.1. The molecule has 1 atom stereocenters. The second kappa shape index (κ2) is 24.9. The van der Waals surface area contributed by atoms with E-state index in [0.29, 0.717) is 32.1 Å². The van der Waals surface area contributed by atoms with Crippen LogP contribution in [0.1, 0.15) is 72.1 Å². The fourth-order valence-corrected chi connectivity index (χ4v) is 8.41. The number of rotatable bonds is 14. The number of halogens is 1. The summed E-state index contributed by atoms with van der Waals surface area (Å²) in [5.74, 6) is 3.46. The number of nitro groups is 1. The summed E-state index contributed by atoms with van der Waals surface area (Å²) in [7, 11) is 7.27. The number of methoxy groups -OCH3 is 1. The van der Waals surface area contributed by atoms with E-state index >= 15 is 0 Å². The summed E-state index contributed by atoms with van der Waals surface area (Å²) in [5.41, 5.74) is 8.28. The number of fused-ring (bicyclic) bond motifs is 3. The molecule has 1 saturated heterocycles. The number of thioether (sulfide) groups is 1. The van der Waals surface area contributed by atoms with Crippen molar-refractivity contribution >= 4 is 51.8 Å². The third kappa shape index (κ3) is 14.7. The third-order valence-corrected chi connectivity index (χ3v) is 12.0. The van der Waals surface area contributed by atoms with E-state index in [4.69, 9.17) is 35.6 Å². The van der Waals surface area contributed by atoms with Crippen LogP contribution < -0.4 is 15.4 Å². The quantitative estimate of drug-likeness (QED) is 0.0547. The summed E-state index contributed by atoms with van der Waals surface area (Å²) in [6.45, 7) is 6.75. The van der Waals surface area contributed by atoms with Gasteiger partial charge in [0, 0.05) is 49.2 Å². The fourth-order valence-electron chi connectivity index (χ4n) is 7.47. The van der Waals surface area contributed by atoms with E-state index in [1.165, 1.54) is 27.8 Å². The van der Waals surface area contributed by atoms with Crippen LogP contribution in [0.2, 0.25) is 5.02 Å². The summed E-state index contributed by atoms with van der Waals surface area (Å²) in [6, 6.07) is 25.8. The number of carbonyl (C=O) groups excluding carboxylic acids is 1. The van der Waals surface area contributed by atoms with Gasteiger partial charge in [0.2, 0.25) is 0 Å². The highest BCUT2D eigenvalue weighted by Gasteiger charge is 2.27. The number of aliphatic carboxylic acids is 1. The van der Waals surface area contributed by atoms with Crippen molar-refractivity contribution < 1.29 is 33.5 Å². The van der Waals surface area contributed by atoms with Gasteiger partial charge in [0.25, 0.3) is 6.20 Å². The second-order valence-corrected chi connectivity index (χ2v) is 17.2. The standard InChI is InChI=1S/C22H23ClN2O2.C14H14O3.C13H22N4O3S/c1-2-27-22(26)25-12-9-15(10-13-25)20-19-8-7-18(23)14-17(19)6-5-16-4-3-11-24-21(16)20;1-9(14(15)16)10-3-4-12-8-13(17-2)6-5-11(12)7-10;1-14-13(9-17(18)19)15-6-7-21-10-12-5-4-11(20-12)8-16(2)3/h3-4,7-8,11,14H,2,5-6,9-10,12-13H2,1H3;3-9H,1-2H3,(H,15,16);4-5,9,14-15H,6-8,10H2,1-3H3/b;;13-9+/t;9-;/m.0./s1. The van der Waals surface area contributed by atoms with Crippen molar-refractivity contribution in [3.63, 3.8) is 0 Å². The first-order chi connectivity index (χ1) is 31.3. The smallest absolute Gasteiger partial charge is 0.409 e. The number of furan rings is 1. The minimum Gasteiger partial charge on any atom is -0.497 e. The van der Waals surface area contributed by atoms with Gasteiger partial charge in [-0.2, -0.15) is 11.8 Å². The van der Waals surface area contributed by atoms with Gasteiger partial charge < -0.3 is 39.4 Å². The second-order valence-electron chi connectivity index (χ2n) is 15.7. The molecule has 3 heterocycles. The molecule has 0 unspecified atom stereocenters. The van der Waals surface area contributed by atoms with Gasteiger partial charge in [0.15, 0.2) is 5.82 Å². The van der Waals surface area contributed by atoms with Crippen LogP contribution in [-0.2, 0) is 34.7 Å². The number of nitrogens with one attached hydrogen (secondary N) is 2. The number of aryl methyl sites for hydroxylation is 2. The van der Waals surface area contributed by atoms with Crippen LogP contribution in [0.15, 0.2) is 107 Å². The highest BCUT2D eigenvalue weighted by Crippen LogP contribution is 2.38. The molecule has 0 saturated carbocycles. The third-order valence-electron chi connectivity index (χ3n) is 10.8. The summed E-state index contributed by atoms with van der Waals surface area (Å²) >= 11 is 7.98. The van der Waals surface area contributed by atoms with Gasteiger partial charge >= 0.3 is 12.1 Å². The highest BCUT2D eigenvalue weighted by molar-refractivity contribution is 7.98. The molecule has 2 aliphatic rings. The molecular formula is C49H59ClN6O8S. The molecule has 5 aromatic rings. The molecule has 1 aliphatic carbocycles. The Morgan fingerprint density at radius 2 is 1.74 bits per heavy atom. The SMILES string of the molecule is CCOC(=O)N1CCC(=C2c3ccc(Cl)cc3CCc3cccnc32)CC1.CN/C(=C\[N+](=O)[O-])NCCSCc1ccc(CN(C)C)o1.COc1ccc2cc([C@H](C)C(=O)O)ccc2c1. The van der Waals surface area contributed by atoms with Gasteiger partial charge in [-0.05, 0) is 129 Å². The molecule has 65 heavy (non-hydrogen) atoms. The maximum atomic E-state index is 12.0. The van der Waals surface area contributed by atoms with Gasteiger partial charge in [0.1, 0.15) is 17.3 Å². The van der Waals surface area contributed by atoms with Gasteiger partial charge in [-0.25, -0.2) is 4.79 Å². The Hall–Kier alpha value is -6.03. The summed E-state index contributed by atoms with van der Waals surface area (Å²) < 4.78 is 16.0. The first kappa shape index (κ1) is 50.0. The Balaban J connectivity index is 0.000000189.